The molecule has 0 amide bonds. The van der Waals surface area contributed by atoms with Gasteiger partial charge >= 0.3 is 0 Å². The van der Waals surface area contributed by atoms with Crippen molar-refractivity contribution in [1.82, 2.24) is 20.5 Å². The highest BCUT2D eigenvalue weighted by molar-refractivity contribution is 14.0. The van der Waals surface area contributed by atoms with Gasteiger partial charge in [-0.15, -0.1) is 24.0 Å². The summed E-state index contributed by atoms with van der Waals surface area (Å²) in [4.78, 5) is 11.0. The number of hydrogen-bond acceptors (Lipinski definition) is 4. The van der Waals surface area contributed by atoms with Gasteiger partial charge in [0.1, 0.15) is 6.26 Å². The molecule has 0 unspecified atom stereocenters. The quantitative estimate of drug-likeness (QED) is 0.357. The number of nitrogens with zero attached hydrogens (tertiary/aromatic N) is 3. The lowest BCUT2D eigenvalue weighted by molar-refractivity contribution is 0.241. The van der Waals surface area contributed by atoms with Crippen LogP contribution in [0.5, 0.6) is 0 Å². The number of guanidine groups is 1. The molecule has 7 heteroatoms. The maximum Gasteiger partial charge on any atom is 0.226 e. The van der Waals surface area contributed by atoms with E-state index in [4.69, 9.17) is 4.42 Å². The summed E-state index contributed by atoms with van der Waals surface area (Å²) in [5.74, 6) is 1.40. The third-order valence-electron chi connectivity index (χ3n) is 3.99. The first-order chi connectivity index (χ1) is 12.3. The summed E-state index contributed by atoms with van der Waals surface area (Å²) in [5.41, 5.74) is 3.19. The molecule has 2 N–H and O–H groups in total. The normalized spacial score (nSPS) is 12.0. The number of aromatic nitrogens is 1. The Balaban J connectivity index is 0.00000364. The van der Waals surface area contributed by atoms with E-state index in [2.05, 4.69) is 72.5 Å². The van der Waals surface area contributed by atoms with E-state index in [0.717, 1.165) is 30.3 Å². The molecule has 27 heavy (non-hydrogen) atoms. The maximum absolute atomic E-state index is 5.60. The van der Waals surface area contributed by atoms with Crippen LogP contribution in [-0.4, -0.2) is 50.1 Å². The number of oxazole rings is 1. The van der Waals surface area contributed by atoms with Crippen LogP contribution in [0.25, 0.3) is 11.5 Å². The summed E-state index contributed by atoms with van der Waals surface area (Å²) in [5, 5.41) is 6.67. The first kappa shape index (κ1) is 23.4. The van der Waals surface area contributed by atoms with Crippen molar-refractivity contribution in [2.45, 2.75) is 27.3 Å². The Morgan fingerprint density at radius 2 is 1.85 bits per heavy atom. The predicted molar refractivity (Wildman–Crippen MR) is 123 cm³/mol. The monoisotopic (exact) mass is 485 g/mol. The average Bonchev–Trinajstić information content (AvgIpc) is 3.03. The lowest BCUT2D eigenvalue weighted by Crippen LogP contribution is -2.44. The largest absolute Gasteiger partial charge is 0.444 e. The molecule has 6 nitrogen and oxygen atoms in total. The molecule has 2 rings (SSSR count). The predicted octanol–water partition coefficient (Wildman–Crippen LogP) is 3.52. The highest BCUT2D eigenvalue weighted by Crippen LogP contribution is 2.19. The molecular formula is C20H32IN5O. The van der Waals surface area contributed by atoms with E-state index < -0.39 is 0 Å². The molecule has 1 heterocycles. The standard InChI is InChI=1S/C20H31N5O.HI/c1-15-7-9-16(10-8-15)18-24-17(12-26-18)11-22-19(21-4)23-13-20(2,3)14-25(5)6;/h7-10,12H,11,13-14H2,1-6H3,(H2,21,22,23);1H. The summed E-state index contributed by atoms with van der Waals surface area (Å²) >= 11 is 0. The van der Waals surface area contributed by atoms with Crippen LogP contribution in [0, 0.1) is 12.3 Å². The van der Waals surface area contributed by atoms with E-state index in [1.54, 1.807) is 13.3 Å². The molecule has 0 bridgehead atoms. The van der Waals surface area contributed by atoms with Gasteiger partial charge in [-0.2, -0.15) is 0 Å². The molecule has 0 fully saturated rings. The zero-order valence-electron chi connectivity index (χ0n) is 17.2. The molecule has 1 aromatic heterocycles. The molecule has 150 valence electrons. The SMILES string of the molecule is CN=C(NCc1coc(-c2ccc(C)cc2)n1)NCC(C)(C)CN(C)C.I. The fourth-order valence-corrected chi connectivity index (χ4v) is 2.85. The van der Waals surface area contributed by atoms with E-state index in [-0.39, 0.29) is 29.4 Å². The van der Waals surface area contributed by atoms with Crippen molar-refractivity contribution in [3.63, 3.8) is 0 Å². The maximum atomic E-state index is 5.60. The Hall–Kier alpha value is -1.61. The molecule has 0 aliphatic carbocycles. The van der Waals surface area contributed by atoms with Crippen molar-refractivity contribution in [3.8, 4) is 11.5 Å². The van der Waals surface area contributed by atoms with Gasteiger partial charge in [0.25, 0.3) is 0 Å². The second-order valence-corrected chi connectivity index (χ2v) is 7.69. The summed E-state index contributed by atoms with van der Waals surface area (Å²) < 4.78 is 5.60. The minimum Gasteiger partial charge on any atom is -0.444 e. The van der Waals surface area contributed by atoms with Crippen molar-refractivity contribution in [3.05, 3.63) is 41.8 Å². The van der Waals surface area contributed by atoms with Gasteiger partial charge in [0.05, 0.1) is 12.2 Å². The number of halogens is 1. The van der Waals surface area contributed by atoms with Gasteiger partial charge in [0, 0.05) is 25.7 Å². The highest BCUT2D eigenvalue weighted by Gasteiger charge is 2.19. The van der Waals surface area contributed by atoms with Gasteiger partial charge < -0.3 is 20.0 Å². The number of rotatable bonds is 7. The van der Waals surface area contributed by atoms with Crippen LogP contribution in [0.3, 0.4) is 0 Å². The smallest absolute Gasteiger partial charge is 0.226 e. The van der Waals surface area contributed by atoms with Gasteiger partial charge in [0.15, 0.2) is 5.96 Å². The van der Waals surface area contributed by atoms with Crippen molar-refractivity contribution >= 4 is 29.9 Å². The van der Waals surface area contributed by atoms with E-state index in [1.807, 2.05) is 12.1 Å². The topological polar surface area (TPSA) is 65.7 Å². The molecule has 0 spiro atoms. The Bertz CT molecular complexity index is 722. The van der Waals surface area contributed by atoms with Gasteiger partial charge in [-0.05, 0) is 38.6 Å². The van der Waals surface area contributed by atoms with Crippen LogP contribution >= 0.6 is 24.0 Å². The Morgan fingerprint density at radius 1 is 1.19 bits per heavy atom. The molecule has 0 atom stereocenters. The molecule has 0 saturated heterocycles. The first-order valence-electron chi connectivity index (χ1n) is 8.90. The second-order valence-electron chi connectivity index (χ2n) is 7.69. The van der Waals surface area contributed by atoms with E-state index in [1.165, 1.54) is 5.56 Å². The molecular weight excluding hydrogens is 453 g/mol. The highest BCUT2D eigenvalue weighted by atomic mass is 127. The van der Waals surface area contributed by atoms with Crippen LogP contribution in [0.2, 0.25) is 0 Å². The van der Waals surface area contributed by atoms with Crippen LogP contribution in [0.1, 0.15) is 25.1 Å². The number of aliphatic imine (C=N–C) groups is 1. The molecule has 2 aromatic rings. The second kappa shape index (κ2) is 10.7. The average molecular weight is 485 g/mol. The van der Waals surface area contributed by atoms with Crippen molar-refractivity contribution in [2.75, 3.05) is 34.2 Å². The summed E-state index contributed by atoms with van der Waals surface area (Å²) in [6.45, 7) is 8.92. The third-order valence-corrected chi connectivity index (χ3v) is 3.99. The Kier molecular flexibility index (Phi) is 9.25. The van der Waals surface area contributed by atoms with Crippen molar-refractivity contribution < 1.29 is 4.42 Å². The fraction of sp³-hybridized carbons (Fsp3) is 0.500. The van der Waals surface area contributed by atoms with Crippen molar-refractivity contribution in [1.29, 1.82) is 0 Å². The Morgan fingerprint density at radius 3 is 2.44 bits per heavy atom. The first-order valence-corrected chi connectivity index (χ1v) is 8.90. The molecule has 0 aliphatic heterocycles. The van der Waals surface area contributed by atoms with E-state index in [9.17, 15) is 0 Å². The number of nitrogens with one attached hydrogen (secondary N) is 2. The summed E-state index contributed by atoms with van der Waals surface area (Å²) in [6, 6.07) is 8.15. The lowest BCUT2D eigenvalue weighted by Gasteiger charge is -2.29. The van der Waals surface area contributed by atoms with Crippen LogP contribution < -0.4 is 10.6 Å². The van der Waals surface area contributed by atoms with Crippen LogP contribution in [-0.2, 0) is 6.54 Å². The van der Waals surface area contributed by atoms with Gasteiger partial charge in [0.2, 0.25) is 5.89 Å². The minimum atomic E-state index is 0. The van der Waals surface area contributed by atoms with Gasteiger partial charge in [-0.3, -0.25) is 4.99 Å². The molecule has 0 saturated carbocycles. The van der Waals surface area contributed by atoms with E-state index >= 15 is 0 Å². The number of benzene rings is 1. The zero-order chi connectivity index (χ0) is 19.2. The van der Waals surface area contributed by atoms with Gasteiger partial charge in [-0.25, -0.2) is 4.98 Å². The molecule has 1 aromatic carbocycles. The summed E-state index contributed by atoms with van der Waals surface area (Å²) in [7, 11) is 5.95. The van der Waals surface area contributed by atoms with Crippen molar-refractivity contribution in [2.24, 2.45) is 10.4 Å². The molecule has 0 radical (unpaired) electrons. The number of aryl methyl sites for hydroxylation is 1. The van der Waals surface area contributed by atoms with Crippen LogP contribution in [0.4, 0.5) is 0 Å². The summed E-state index contributed by atoms with van der Waals surface area (Å²) in [6.07, 6.45) is 1.69. The van der Waals surface area contributed by atoms with E-state index in [0.29, 0.717) is 12.4 Å². The molecule has 0 aliphatic rings. The third kappa shape index (κ3) is 7.88. The van der Waals surface area contributed by atoms with Crippen LogP contribution in [0.15, 0.2) is 39.9 Å². The fourth-order valence-electron chi connectivity index (χ4n) is 2.85. The Labute approximate surface area is 179 Å². The number of hydrogen-bond donors (Lipinski definition) is 2. The van der Waals surface area contributed by atoms with Gasteiger partial charge in [-0.1, -0.05) is 31.5 Å². The minimum absolute atomic E-state index is 0. The lowest BCUT2D eigenvalue weighted by atomic mass is 9.93. The zero-order valence-corrected chi connectivity index (χ0v) is 19.5.